The molecule has 0 spiro atoms. The highest BCUT2D eigenvalue weighted by Gasteiger charge is 2.35. The zero-order chi connectivity index (χ0) is 17.5. The molecule has 1 saturated heterocycles. The van der Waals surface area contributed by atoms with Gasteiger partial charge in [0.15, 0.2) is 0 Å². The van der Waals surface area contributed by atoms with E-state index >= 15 is 0 Å². The fourth-order valence-electron chi connectivity index (χ4n) is 2.51. The molecule has 1 aromatic rings. The topological polar surface area (TPSA) is 142 Å². The molecule has 0 bridgehead atoms. The second-order valence-corrected chi connectivity index (χ2v) is 5.55. The Morgan fingerprint density at radius 1 is 1.58 bits per heavy atom. The summed E-state index contributed by atoms with van der Waals surface area (Å²) >= 11 is 0. The van der Waals surface area contributed by atoms with Crippen molar-refractivity contribution in [2.45, 2.75) is 51.2 Å². The number of hydrogen-bond acceptors (Lipinski definition) is 6. The first-order valence-electron chi connectivity index (χ1n) is 7.83. The molecule has 0 unspecified atom stereocenters. The molecule has 10 nitrogen and oxygen atoms in total. The largest absolute Gasteiger partial charge is 0.394 e. The van der Waals surface area contributed by atoms with Crippen molar-refractivity contribution in [3.05, 3.63) is 43.0 Å². The van der Waals surface area contributed by atoms with Crippen LogP contribution in [0.3, 0.4) is 0 Å². The van der Waals surface area contributed by atoms with Crippen LogP contribution in [0.4, 0.5) is 0 Å². The van der Waals surface area contributed by atoms with Gasteiger partial charge in [0.25, 0.3) is 5.56 Å². The second-order valence-electron chi connectivity index (χ2n) is 5.55. The molecule has 3 atom stereocenters. The molecule has 132 valence electrons. The maximum absolute atomic E-state index is 12.0. The summed E-state index contributed by atoms with van der Waals surface area (Å²) < 4.78 is 12.2. The summed E-state index contributed by atoms with van der Waals surface area (Å²) in [7, 11) is 0. The van der Waals surface area contributed by atoms with E-state index in [2.05, 4.69) is 15.0 Å². The maximum atomic E-state index is 12.0. The molecule has 2 heterocycles. The lowest BCUT2D eigenvalue weighted by molar-refractivity contribution is -0.0274. The molecule has 0 saturated carbocycles. The third-order valence-electron chi connectivity index (χ3n) is 3.84. The number of aromatic amines is 1. The minimum atomic E-state index is -0.726. The van der Waals surface area contributed by atoms with Crippen molar-refractivity contribution in [1.82, 2.24) is 9.55 Å². The zero-order valence-corrected chi connectivity index (χ0v) is 13.4. The molecular formula is C14H21N5O5. The Bertz CT molecular complexity index is 708. The Kier molecular flexibility index (Phi) is 6.56. The molecule has 1 fully saturated rings. The van der Waals surface area contributed by atoms with Crippen LogP contribution in [0, 0.1) is 0 Å². The van der Waals surface area contributed by atoms with Crippen molar-refractivity contribution in [3.8, 4) is 0 Å². The Morgan fingerprint density at radius 2 is 2.38 bits per heavy atom. The van der Waals surface area contributed by atoms with E-state index in [1.165, 1.54) is 10.8 Å². The first-order chi connectivity index (χ1) is 11.6. The Labute approximate surface area is 137 Å². The van der Waals surface area contributed by atoms with Gasteiger partial charge in [-0.05, 0) is 12.0 Å². The summed E-state index contributed by atoms with van der Waals surface area (Å²) in [5.41, 5.74) is 7.74. The lowest BCUT2D eigenvalue weighted by atomic mass is 10.1. The van der Waals surface area contributed by atoms with Crippen molar-refractivity contribution in [2.24, 2.45) is 5.11 Å². The predicted molar refractivity (Wildman–Crippen MR) is 84.4 cm³/mol. The van der Waals surface area contributed by atoms with Gasteiger partial charge in [-0.25, -0.2) is 4.79 Å². The molecule has 10 heteroatoms. The van der Waals surface area contributed by atoms with Crippen LogP contribution in [0.25, 0.3) is 10.4 Å². The minimum Gasteiger partial charge on any atom is -0.394 e. The van der Waals surface area contributed by atoms with Crippen LogP contribution in [-0.4, -0.2) is 40.0 Å². The number of azide groups is 1. The molecule has 2 N–H and O–H groups in total. The van der Waals surface area contributed by atoms with E-state index < -0.39 is 29.6 Å². The van der Waals surface area contributed by atoms with E-state index in [-0.39, 0.29) is 19.6 Å². The number of unbranched alkanes of at least 4 members (excludes halogenated alkanes) is 1. The van der Waals surface area contributed by atoms with Crippen LogP contribution < -0.4 is 11.2 Å². The number of ether oxygens (including phenoxy) is 2. The van der Waals surface area contributed by atoms with E-state index in [4.69, 9.17) is 15.0 Å². The number of aliphatic hydroxyl groups is 1. The van der Waals surface area contributed by atoms with Crippen LogP contribution >= 0.6 is 0 Å². The molecule has 0 aliphatic carbocycles. The molecule has 24 heavy (non-hydrogen) atoms. The number of aromatic nitrogens is 2. The van der Waals surface area contributed by atoms with Gasteiger partial charge in [0.2, 0.25) is 0 Å². The molecule has 1 aliphatic heterocycles. The monoisotopic (exact) mass is 339 g/mol. The van der Waals surface area contributed by atoms with E-state index in [1.54, 1.807) is 0 Å². The Hall–Kier alpha value is -2.13. The maximum Gasteiger partial charge on any atom is 0.330 e. The highest BCUT2D eigenvalue weighted by molar-refractivity contribution is 5.04. The number of nitrogens with one attached hydrogen (secondary N) is 1. The average Bonchev–Trinajstić information content (AvgIpc) is 2.96. The summed E-state index contributed by atoms with van der Waals surface area (Å²) in [4.78, 5) is 28.9. The minimum absolute atomic E-state index is 0.0888. The average molecular weight is 339 g/mol. The quantitative estimate of drug-likeness (QED) is 0.312. The molecule has 0 aromatic carbocycles. The van der Waals surface area contributed by atoms with Gasteiger partial charge in [-0.2, -0.15) is 0 Å². The summed E-state index contributed by atoms with van der Waals surface area (Å²) in [6.45, 7) is 2.32. The summed E-state index contributed by atoms with van der Waals surface area (Å²) in [5, 5.41) is 12.9. The van der Waals surface area contributed by atoms with Gasteiger partial charge in [0, 0.05) is 24.1 Å². The van der Waals surface area contributed by atoms with E-state index in [1.807, 2.05) is 6.92 Å². The van der Waals surface area contributed by atoms with Gasteiger partial charge in [-0.1, -0.05) is 18.5 Å². The van der Waals surface area contributed by atoms with Crippen molar-refractivity contribution in [3.63, 3.8) is 0 Å². The van der Waals surface area contributed by atoms with Crippen LogP contribution in [0.15, 0.2) is 20.9 Å². The molecule has 1 aromatic heterocycles. The Balaban J connectivity index is 2.19. The number of nitrogens with zero attached hydrogens (tertiary/aromatic N) is 4. The molecule has 0 radical (unpaired) electrons. The smallest absolute Gasteiger partial charge is 0.330 e. The second kappa shape index (κ2) is 8.65. The Morgan fingerprint density at radius 3 is 3.04 bits per heavy atom. The summed E-state index contributed by atoms with van der Waals surface area (Å²) in [6, 6.07) is -0.576. The SMILES string of the molecule is CCCCOCc1cn([C@@H]2C[C@H](N=[N+]=[N-])[C@@H](CO)O2)c(=O)[nH]c1=O. The van der Waals surface area contributed by atoms with Gasteiger partial charge < -0.3 is 14.6 Å². The van der Waals surface area contributed by atoms with Gasteiger partial charge in [-0.3, -0.25) is 14.3 Å². The highest BCUT2D eigenvalue weighted by atomic mass is 16.5. The van der Waals surface area contributed by atoms with Gasteiger partial charge in [0.1, 0.15) is 6.23 Å². The van der Waals surface area contributed by atoms with Gasteiger partial charge in [-0.15, -0.1) is 0 Å². The van der Waals surface area contributed by atoms with Crippen LogP contribution in [0.2, 0.25) is 0 Å². The molecule has 1 aliphatic rings. The molecule has 0 amide bonds. The van der Waals surface area contributed by atoms with E-state index in [0.29, 0.717) is 12.2 Å². The number of rotatable bonds is 8. The molecule has 2 rings (SSSR count). The lowest BCUT2D eigenvalue weighted by Crippen LogP contribution is -2.34. The number of H-pyrrole nitrogens is 1. The van der Waals surface area contributed by atoms with Crippen molar-refractivity contribution < 1.29 is 14.6 Å². The van der Waals surface area contributed by atoms with Crippen molar-refractivity contribution in [2.75, 3.05) is 13.2 Å². The predicted octanol–water partition coefficient (Wildman–Crippen LogP) is 0.812. The number of aliphatic hydroxyl groups excluding tert-OH is 1. The third kappa shape index (κ3) is 4.24. The van der Waals surface area contributed by atoms with Gasteiger partial charge >= 0.3 is 5.69 Å². The van der Waals surface area contributed by atoms with Crippen LogP contribution in [0.1, 0.15) is 38.0 Å². The van der Waals surface area contributed by atoms with Gasteiger partial charge in [0.05, 0.1) is 30.9 Å². The van der Waals surface area contributed by atoms with E-state index in [9.17, 15) is 14.7 Å². The normalized spacial score (nSPS) is 23.2. The zero-order valence-electron chi connectivity index (χ0n) is 13.4. The van der Waals surface area contributed by atoms with Crippen molar-refractivity contribution in [1.29, 1.82) is 0 Å². The fourth-order valence-corrected chi connectivity index (χ4v) is 2.51. The van der Waals surface area contributed by atoms with Crippen LogP contribution in [-0.2, 0) is 16.1 Å². The molecular weight excluding hydrogens is 318 g/mol. The fraction of sp³-hybridized carbons (Fsp3) is 0.714. The first-order valence-corrected chi connectivity index (χ1v) is 7.83. The standard InChI is InChI=1S/C14H21N5O5/c1-2-3-4-23-8-9-6-19(14(22)16-13(9)21)12-5-10(17-18-15)11(7-20)24-12/h6,10-12,20H,2-5,7-8H2,1H3,(H,16,21,22)/t10-,11+,12-/m0/s1. The highest BCUT2D eigenvalue weighted by Crippen LogP contribution is 2.29. The lowest BCUT2D eigenvalue weighted by Gasteiger charge is -2.15. The van der Waals surface area contributed by atoms with E-state index in [0.717, 1.165) is 12.8 Å². The van der Waals surface area contributed by atoms with Crippen LogP contribution in [0.5, 0.6) is 0 Å². The number of hydrogen-bond donors (Lipinski definition) is 2. The van der Waals surface area contributed by atoms with Crippen molar-refractivity contribution >= 4 is 0 Å². The summed E-state index contributed by atoms with van der Waals surface area (Å²) in [5.74, 6) is 0. The first kappa shape index (κ1) is 18.2. The third-order valence-corrected chi connectivity index (χ3v) is 3.84. The summed E-state index contributed by atoms with van der Waals surface area (Å²) in [6.07, 6.45) is 2.08.